The molecule has 1 nitrogen and oxygen atoms in total. The molecule has 0 N–H and O–H groups in total. The third-order valence-electron chi connectivity index (χ3n) is 6.82. The maximum Gasteiger partial charge on any atom is 0.0541 e. The van der Waals surface area contributed by atoms with Gasteiger partial charge in [0.05, 0.1) is 11.0 Å². The van der Waals surface area contributed by atoms with Crippen LogP contribution in [-0.4, -0.2) is 4.57 Å². The fraction of sp³-hybridized carbons (Fsp3) is 0.0323. The highest BCUT2D eigenvalue weighted by atomic mass is 15.0. The first-order valence-electron chi connectivity index (χ1n) is 11.2. The molecule has 32 heavy (non-hydrogen) atoms. The van der Waals surface area contributed by atoms with Crippen LogP contribution in [0.1, 0.15) is 11.1 Å². The average molecular weight is 408 g/mol. The zero-order valence-electron chi connectivity index (χ0n) is 17.6. The average Bonchev–Trinajstić information content (AvgIpc) is 3.39. The fourth-order valence-electron chi connectivity index (χ4n) is 5.31. The summed E-state index contributed by atoms with van der Waals surface area (Å²) in [5.41, 5.74) is 11.8. The van der Waals surface area contributed by atoms with Gasteiger partial charge in [-0.25, -0.2) is 0 Å². The molecule has 1 heteroatoms. The van der Waals surface area contributed by atoms with E-state index in [4.69, 9.17) is 0 Å². The molecule has 6 aromatic rings. The van der Waals surface area contributed by atoms with Gasteiger partial charge in [-0.15, -0.1) is 0 Å². The van der Waals surface area contributed by atoms with E-state index < -0.39 is 0 Å². The van der Waals surface area contributed by atoms with Crippen molar-refractivity contribution in [2.24, 2.45) is 0 Å². The Morgan fingerprint density at radius 3 is 2.09 bits per heavy atom. The van der Waals surface area contributed by atoms with Crippen molar-refractivity contribution < 1.29 is 0 Å². The number of nitrogens with zero attached hydrogens (tertiary/aromatic N) is 1. The van der Waals surface area contributed by atoms with Crippen molar-refractivity contribution in [1.29, 1.82) is 0 Å². The molecule has 0 fully saturated rings. The zero-order chi connectivity index (χ0) is 21.1. The van der Waals surface area contributed by atoms with Crippen LogP contribution in [0.4, 0.5) is 0 Å². The van der Waals surface area contributed by atoms with Gasteiger partial charge in [0.25, 0.3) is 0 Å². The van der Waals surface area contributed by atoms with Crippen molar-refractivity contribution in [1.82, 2.24) is 4.57 Å². The summed E-state index contributed by atoms with van der Waals surface area (Å²) in [6.07, 6.45) is 1.04. The molecular weight excluding hydrogens is 386 g/mol. The number of para-hydroxylation sites is 2. The summed E-state index contributed by atoms with van der Waals surface area (Å²) in [6, 6.07) is 42.0. The summed E-state index contributed by atoms with van der Waals surface area (Å²) in [5.74, 6) is 0. The van der Waals surface area contributed by atoms with Crippen LogP contribution in [0.25, 0.3) is 49.7 Å². The third kappa shape index (κ3) is 2.52. The van der Waals surface area contributed by atoms with Crippen molar-refractivity contribution in [2.75, 3.05) is 0 Å². The highest BCUT2D eigenvalue weighted by Gasteiger charge is 2.19. The van der Waals surface area contributed by atoms with Crippen LogP contribution in [0.15, 0.2) is 115 Å². The van der Waals surface area contributed by atoms with Gasteiger partial charge in [0.2, 0.25) is 0 Å². The molecule has 0 unspecified atom stereocenters. The zero-order valence-corrected chi connectivity index (χ0v) is 17.6. The van der Waals surface area contributed by atoms with E-state index in [1.807, 2.05) is 0 Å². The second-order valence-electron chi connectivity index (χ2n) is 8.63. The Labute approximate surface area is 187 Å². The van der Waals surface area contributed by atoms with E-state index in [2.05, 4.69) is 120 Å². The predicted molar refractivity (Wildman–Crippen MR) is 134 cm³/mol. The number of benzene rings is 5. The highest BCUT2D eigenvalue weighted by Crippen LogP contribution is 2.40. The maximum atomic E-state index is 2.37. The number of hydrogen-bond donors (Lipinski definition) is 0. The van der Waals surface area contributed by atoms with Crippen molar-refractivity contribution in [3.8, 4) is 27.9 Å². The molecular formula is C31H21N. The highest BCUT2D eigenvalue weighted by molar-refractivity contribution is 6.10. The SMILES string of the molecule is c1ccc(-n2c3ccccc3c3cc(-c4ccc5c(c4)-c4ccccc4C5)ccc32)cc1. The van der Waals surface area contributed by atoms with Crippen molar-refractivity contribution in [3.05, 3.63) is 126 Å². The van der Waals surface area contributed by atoms with Gasteiger partial charge in [-0.05, 0) is 76.2 Å². The first kappa shape index (κ1) is 17.6. The molecule has 0 atom stereocenters. The minimum absolute atomic E-state index is 1.04. The third-order valence-corrected chi connectivity index (χ3v) is 6.82. The molecule has 0 radical (unpaired) electrons. The molecule has 0 saturated carbocycles. The second-order valence-corrected chi connectivity index (χ2v) is 8.63. The number of fused-ring (bicyclic) bond motifs is 6. The van der Waals surface area contributed by atoms with Crippen LogP contribution in [-0.2, 0) is 6.42 Å². The normalized spacial score (nSPS) is 12.2. The van der Waals surface area contributed by atoms with E-state index in [1.165, 1.54) is 60.9 Å². The summed E-state index contributed by atoms with van der Waals surface area (Å²) >= 11 is 0. The fourth-order valence-corrected chi connectivity index (χ4v) is 5.31. The van der Waals surface area contributed by atoms with Crippen LogP contribution < -0.4 is 0 Å². The van der Waals surface area contributed by atoms with E-state index >= 15 is 0 Å². The summed E-state index contributed by atoms with van der Waals surface area (Å²) < 4.78 is 2.37. The smallest absolute Gasteiger partial charge is 0.0541 e. The first-order chi connectivity index (χ1) is 15.9. The second kappa shape index (κ2) is 6.70. The quantitative estimate of drug-likeness (QED) is 0.273. The summed E-state index contributed by atoms with van der Waals surface area (Å²) in [6.45, 7) is 0. The molecule has 150 valence electrons. The minimum atomic E-state index is 1.04. The molecule has 1 aromatic heterocycles. The maximum absolute atomic E-state index is 2.37. The topological polar surface area (TPSA) is 4.93 Å². The van der Waals surface area contributed by atoms with Crippen molar-refractivity contribution >= 4 is 21.8 Å². The minimum Gasteiger partial charge on any atom is -0.309 e. The number of hydrogen-bond acceptors (Lipinski definition) is 0. The summed E-state index contributed by atoms with van der Waals surface area (Å²) in [7, 11) is 0. The van der Waals surface area contributed by atoms with Crippen molar-refractivity contribution in [3.63, 3.8) is 0 Å². The Bertz CT molecular complexity index is 1640. The van der Waals surface area contributed by atoms with Gasteiger partial charge in [-0.1, -0.05) is 78.9 Å². The van der Waals surface area contributed by atoms with Crippen molar-refractivity contribution in [2.45, 2.75) is 6.42 Å². The molecule has 0 saturated heterocycles. The molecule has 5 aromatic carbocycles. The Morgan fingerprint density at radius 2 is 1.16 bits per heavy atom. The number of rotatable bonds is 2. The molecule has 0 spiro atoms. The van der Waals surface area contributed by atoms with E-state index in [0.717, 1.165) is 6.42 Å². The number of aromatic nitrogens is 1. The van der Waals surface area contributed by atoms with E-state index in [1.54, 1.807) is 0 Å². The molecule has 0 amide bonds. The molecule has 1 heterocycles. The van der Waals surface area contributed by atoms with Crippen LogP contribution in [0.3, 0.4) is 0 Å². The van der Waals surface area contributed by atoms with Gasteiger partial charge < -0.3 is 4.57 Å². The Kier molecular flexibility index (Phi) is 3.68. The molecule has 7 rings (SSSR count). The predicted octanol–water partition coefficient (Wildman–Crippen LogP) is 8.02. The first-order valence-corrected chi connectivity index (χ1v) is 11.2. The lowest BCUT2D eigenvalue weighted by Gasteiger charge is -2.09. The lowest BCUT2D eigenvalue weighted by molar-refractivity contribution is 1.18. The van der Waals surface area contributed by atoms with Crippen LogP contribution >= 0.6 is 0 Å². The molecule has 0 bridgehead atoms. The Hall–Kier alpha value is -4.10. The van der Waals surface area contributed by atoms with Gasteiger partial charge in [0, 0.05) is 16.5 Å². The lowest BCUT2D eigenvalue weighted by atomic mass is 9.97. The van der Waals surface area contributed by atoms with Gasteiger partial charge in [0.1, 0.15) is 0 Å². The van der Waals surface area contributed by atoms with Crippen LogP contribution in [0, 0.1) is 0 Å². The lowest BCUT2D eigenvalue weighted by Crippen LogP contribution is -1.92. The van der Waals surface area contributed by atoms with E-state index in [9.17, 15) is 0 Å². The largest absolute Gasteiger partial charge is 0.309 e. The molecule has 1 aliphatic rings. The van der Waals surface area contributed by atoms with Gasteiger partial charge in [-0.2, -0.15) is 0 Å². The monoisotopic (exact) mass is 407 g/mol. The Morgan fingerprint density at radius 1 is 0.469 bits per heavy atom. The van der Waals surface area contributed by atoms with Gasteiger partial charge in [-0.3, -0.25) is 0 Å². The van der Waals surface area contributed by atoms with Gasteiger partial charge >= 0.3 is 0 Å². The summed E-state index contributed by atoms with van der Waals surface area (Å²) in [5, 5.41) is 2.59. The molecule has 1 aliphatic carbocycles. The van der Waals surface area contributed by atoms with E-state index in [0.29, 0.717) is 0 Å². The van der Waals surface area contributed by atoms with Crippen LogP contribution in [0.2, 0.25) is 0 Å². The van der Waals surface area contributed by atoms with Gasteiger partial charge in [0.15, 0.2) is 0 Å². The van der Waals surface area contributed by atoms with Crippen LogP contribution in [0.5, 0.6) is 0 Å². The van der Waals surface area contributed by atoms with E-state index in [-0.39, 0.29) is 0 Å². The molecule has 0 aliphatic heterocycles. The standard InChI is InChI=1S/C31H21N/c1-2-9-25(10-3-1)32-30-13-7-6-12-27(30)29-20-22(16-17-31(29)32)21-14-15-24-18-23-8-4-5-11-26(23)28(24)19-21/h1-17,19-20H,18H2. The summed E-state index contributed by atoms with van der Waals surface area (Å²) in [4.78, 5) is 0. The Balaban J connectivity index is 1.45.